The third-order valence-electron chi connectivity index (χ3n) is 4.39. The Balaban J connectivity index is 1.93. The lowest BCUT2D eigenvalue weighted by molar-refractivity contribution is -0.114. The molecule has 0 fully saturated rings. The molecule has 0 unspecified atom stereocenters. The van der Waals surface area contributed by atoms with Crippen molar-refractivity contribution in [1.82, 2.24) is 0 Å². The van der Waals surface area contributed by atoms with Crippen molar-refractivity contribution in [3.05, 3.63) is 87.0 Å². The van der Waals surface area contributed by atoms with Crippen molar-refractivity contribution in [1.29, 1.82) is 0 Å². The Morgan fingerprint density at radius 3 is 2.31 bits per heavy atom. The Morgan fingerprint density at radius 2 is 1.69 bits per heavy atom. The molecule has 10 heteroatoms. The Labute approximate surface area is 204 Å². The van der Waals surface area contributed by atoms with Crippen LogP contribution in [0.5, 0.6) is 0 Å². The van der Waals surface area contributed by atoms with Crippen molar-refractivity contribution < 1.29 is 22.7 Å². The van der Waals surface area contributed by atoms with Crippen molar-refractivity contribution >= 4 is 67.5 Å². The molecule has 1 N–H and O–H groups in total. The maximum absolute atomic E-state index is 13.3. The van der Waals surface area contributed by atoms with Gasteiger partial charge in [0, 0.05) is 3.57 Å². The second kappa shape index (κ2) is 10.3. The Morgan fingerprint density at radius 1 is 1.03 bits per heavy atom. The molecular weight excluding hydrogens is 567 g/mol. The van der Waals surface area contributed by atoms with Gasteiger partial charge in [0.15, 0.2) is 0 Å². The fourth-order valence-electron chi connectivity index (χ4n) is 2.83. The fourth-order valence-corrected chi connectivity index (χ4v) is 4.79. The number of nitrogens with one attached hydrogen (secondary N) is 1. The maximum atomic E-state index is 13.3. The highest BCUT2D eigenvalue weighted by molar-refractivity contribution is 14.1. The molecule has 3 rings (SSSR count). The van der Waals surface area contributed by atoms with Crippen molar-refractivity contribution in [2.45, 2.75) is 4.90 Å². The van der Waals surface area contributed by atoms with Gasteiger partial charge in [-0.25, -0.2) is 13.2 Å². The minimum absolute atomic E-state index is 0.0528. The number of hydrogen-bond acceptors (Lipinski definition) is 5. The number of carbonyl (C=O) groups excluding carboxylic acids is 2. The number of amides is 1. The molecule has 0 bridgehead atoms. The van der Waals surface area contributed by atoms with Crippen LogP contribution in [0.4, 0.5) is 11.4 Å². The Bertz CT molecular complexity index is 1230. The minimum atomic E-state index is -4.03. The normalized spacial score (nSPS) is 11.0. The molecular formula is C22H18ClIN2O5S. The van der Waals surface area contributed by atoms with Crippen LogP contribution < -0.4 is 9.62 Å². The fraction of sp³-hybridized carbons (Fsp3) is 0.0909. The average molecular weight is 585 g/mol. The Hall–Kier alpha value is -2.63. The molecule has 0 heterocycles. The lowest BCUT2D eigenvalue weighted by Gasteiger charge is -2.24. The zero-order valence-electron chi connectivity index (χ0n) is 16.8. The van der Waals surface area contributed by atoms with E-state index in [0.717, 1.165) is 7.88 Å². The molecule has 1 amide bonds. The number of halogens is 2. The molecule has 0 aliphatic carbocycles. The van der Waals surface area contributed by atoms with E-state index in [0.29, 0.717) is 5.69 Å². The SMILES string of the molecule is COC(=O)c1ccc(Cl)c(NC(=O)CN(c2ccc(I)cc2)S(=O)(=O)c2ccccc2)c1. The number of ether oxygens (including phenoxy) is 1. The van der Waals surface area contributed by atoms with Gasteiger partial charge in [0.2, 0.25) is 5.91 Å². The molecule has 166 valence electrons. The molecule has 0 aliphatic rings. The lowest BCUT2D eigenvalue weighted by atomic mass is 10.2. The summed E-state index contributed by atoms with van der Waals surface area (Å²) >= 11 is 8.25. The smallest absolute Gasteiger partial charge is 0.337 e. The van der Waals surface area contributed by atoms with Crippen LogP contribution in [0.1, 0.15) is 10.4 Å². The van der Waals surface area contributed by atoms with E-state index < -0.39 is 28.4 Å². The van der Waals surface area contributed by atoms with Gasteiger partial charge in [-0.05, 0) is 77.2 Å². The van der Waals surface area contributed by atoms with Crippen LogP contribution in [0, 0.1) is 3.57 Å². The number of sulfonamides is 1. The van der Waals surface area contributed by atoms with E-state index in [-0.39, 0.29) is 21.2 Å². The van der Waals surface area contributed by atoms with Crippen LogP contribution in [0.2, 0.25) is 5.02 Å². The van der Waals surface area contributed by atoms with Crippen molar-refractivity contribution in [2.75, 3.05) is 23.3 Å². The van der Waals surface area contributed by atoms with E-state index in [4.69, 9.17) is 11.6 Å². The van der Waals surface area contributed by atoms with Crippen LogP contribution in [-0.2, 0) is 19.6 Å². The van der Waals surface area contributed by atoms with Crippen LogP contribution >= 0.6 is 34.2 Å². The minimum Gasteiger partial charge on any atom is -0.465 e. The monoisotopic (exact) mass is 584 g/mol. The quantitative estimate of drug-likeness (QED) is 0.325. The predicted octanol–water partition coefficient (Wildman–Crippen LogP) is 4.57. The summed E-state index contributed by atoms with van der Waals surface area (Å²) in [4.78, 5) is 24.7. The van der Waals surface area contributed by atoms with E-state index in [9.17, 15) is 18.0 Å². The summed E-state index contributed by atoms with van der Waals surface area (Å²) in [5.74, 6) is -1.23. The first-order valence-corrected chi connectivity index (χ1v) is 12.1. The number of hydrogen-bond donors (Lipinski definition) is 1. The first-order chi connectivity index (χ1) is 15.2. The molecule has 7 nitrogen and oxygen atoms in total. The van der Waals surface area contributed by atoms with Crippen LogP contribution in [0.3, 0.4) is 0 Å². The van der Waals surface area contributed by atoms with Crippen LogP contribution in [-0.4, -0.2) is 33.9 Å². The van der Waals surface area contributed by atoms with E-state index in [1.54, 1.807) is 42.5 Å². The number of nitrogens with zero attached hydrogens (tertiary/aromatic N) is 1. The highest BCUT2D eigenvalue weighted by Crippen LogP contribution is 2.26. The topological polar surface area (TPSA) is 92.8 Å². The second-order valence-electron chi connectivity index (χ2n) is 6.54. The van der Waals surface area contributed by atoms with Crippen LogP contribution in [0.15, 0.2) is 77.7 Å². The summed E-state index contributed by atoms with van der Waals surface area (Å²) in [6, 6.07) is 18.9. The third-order valence-corrected chi connectivity index (χ3v) is 7.23. The van der Waals surface area contributed by atoms with E-state index in [2.05, 4.69) is 32.6 Å². The standard InChI is InChI=1S/C22H18ClIN2O5S/c1-31-22(28)15-7-12-19(23)20(13-15)25-21(27)14-26(17-10-8-16(24)9-11-17)32(29,30)18-5-3-2-4-6-18/h2-13H,14H2,1H3,(H,25,27). The van der Waals surface area contributed by atoms with Gasteiger partial charge >= 0.3 is 5.97 Å². The van der Waals surface area contributed by atoms with E-state index in [1.807, 2.05) is 0 Å². The zero-order valence-corrected chi connectivity index (χ0v) is 20.5. The molecule has 0 aromatic heterocycles. The number of benzene rings is 3. The molecule has 32 heavy (non-hydrogen) atoms. The van der Waals surface area contributed by atoms with Crippen molar-refractivity contribution in [2.24, 2.45) is 0 Å². The van der Waals surface area contributed by atoms with Crippen molar-refractivity contribution in [3.63, 3.8) is 0 Å². The third kappa shape index (κ3) is 5.59. The molecule has 0 spiro atoms. The number of esters is 1. The van der Waals surface area contributed by atoms with Gasteiger partial charge in [0.25, 0.3) is 10.0 Å². The lowest BCUT2D eigenvalue weighted by Crippen LogP contribution is -2.38. The number of carbonyl (C=O) groups is 2. The summed E-state index contributed by atoms with van der Waals surface area (Å²) in [5.41, 5.74) is 0.691. The highest BCUT2D eigenvalue weighted by Gasteiger charge is 2.27. The van der Waals surface area contributed by atoms with Gasteiger partial charge in [0.1, 0.15) is 6.54 Å². The molecule has 0 saturated heterocycles. The summed E-state index contributed by atoms with van der Waals surface area (Å²) in [6.07, 6.45) is 0. The second-order valence-corrected chi connectivity index (χ2v) is 10.1. The van der Waals surface area contributed by atoms with Crippen molar-refractivity contribution in [3.8, 4) is 0 Å². The van der Waals surface area contributed by atoms with E-state index in [1.165, 1.54) is 37.4 Å². The summed E-state index contributed by atoms with van der Waals surface area (Å²) in [7, 11) is -2.79. The first-order valence-electron chi connectivity index (χ1n) is 9.23. The molecule has 0 radical (unpaired) electrons. The van der Waals surface area contributed by atoms with Gasteiger partial charge in [-0.15, -0.1) is 0 Å². The van der Waals surface area contributed by atoms with Gasteiger partial charge in [-0.1, -0.05) is 29.8 Å². The summed E-state index contributed by atoms with van der Waals surface area (Å²) in [6.45, 7) is -0.503. The molecule has 3 aromatic carbocycles. The largest absolute Gasteiger partial charge is 0.465 e. The molecule has 0 aliphatic heterocycles. The molecule has 0 saturated carbocycles. The highest BCUT2D eigenvalue weighted by atomic mass is 127. The Kier molecular flexibility index (Phi) is 7.75. The average Bonchev–Trinajstić information content (AvgIpc) is 2.79. The van der Waals surface area contributed by atoms with Crippen LogP contribution in [0.25, 0.3) is 0 Å². The van der Waals surface area contributed by atoms with E-state index >= 15 is 0 Å². The number of methoxy groups -OCH3 is 1. The predicted molar refractivity (Wildman–Crippen MR) is 132 cm³/mol. The van der Waals surface area contributed by atoms with Gasteiger partial charge in [-0.2, -0.15) is 0 Å². The first kappa shape index (κ1) is 24.0. The summed E-state index contributed by atoms with van der Waals surface area (Å²) < 4.78 is 33.2. The number of rotatable bonds is 7. The maximum Gasteiger partial charge on any atom is 0.337 e. The molecule has 3 aromatic rings. The molecule has 0 atom stereocenters. The van der Waals surface area contributed by atoms with Gasteiger partial charge < -0.3 is 10.1 Å². The van der Waals surface area contributed by atoms with Gasteiger partial charge in [0.05, 0.1) is 34.0 Å². The zero-order chi connectivity index (χ0) is 23.3. The van der Waals surface area contributed by atoms with Gasteiger partial charge in [-0.3, -0.25) is 9.10 Å². The number of anilines is 2. The summed E-state index contributed by atoms with van der Waals surface area (Å²) in [5, 5.41) is 2.77.